The van der Waals surface area contributed by atoms with Gasteiger partial charge in [-0.05, 0) is 25.0 Å². The highest BCUT2D eigenvalue weighted by Crippen LogP contribution is 2.30. The minimum absolute atomic E-state index is 0.290. The molecular formula is C13H12FN3O2. The van der Waals surface area contributed by atoms with E-state index in [-0.39, 0.29) is 5.39 Å². The highest BCUT2D eigenvalue weighted by atomic mass is 19.1. The predicted molar refractivity (Wildman–Crippen MR) is 67.5 cm³/mol. The highest BCUT2D eigenvalue weighted by molar-refractivity contribution is 5.92. The standard InChI is InChI=1S/C13H12FN3O2/c14-8-3-1-4-9-11(8)12(16-7-15-9)17-6-2-5-10(17)13(18)19/h1,3-4,7,10H,2,5-6H2,(H,18,19). The van der Waals surface area contributed by atoms with Gasteiger partial charge in [0, 0.05) is 6.54 Å². The maximum atomic E-state index is 14.0. The molecule has 1 unspecified atom stereocenters. The molecule has 2 heterocycles. The van der Waals surface area contributed by atoms with Crippen molar-refractivity contribution >= 4 is 22.7 Å². The maximum Gasteiger partial charge on any atom is 0.326 e. The van der Waals surface area contributed by atoms with Gasteiger partial charge < -0.3 is 10.0 Å². The summed E-state index contributed by atoms with van der Waals surface area (Å²) in [5.74, 6) is -0.960. The zero-order chi connectivity index (χ0) is 13.4. The molecule has 1 aromatic heterocycles. The smallest absolute Gasteiger partial charge is 0.326 e. The monoisotopic (exact) mass is 261 g/mol. The number of aromatic nitrogens is 2. The van der Waals surface area contributed by atoms with Crippen LogP contribution in [0.2, 0.25) is 0 Å². The van der Waals surface area contributed by atoms with Crippen LogP contribution in [0, 0.1) is 5.82 Å². The summed E-state index contributed by atoms with van der Waals surface area (Å²) < 4.78 is 14.0. The van der Waals surface area contributed by atoms with Crippen molar-refractivity contribution in [2.45, 2.75) is 18.9 Å². The van der Waals surface area contributed by atoms with E-state index in [1.165, 1.54) is 12.4 Å². The fraction of sp³-hybridized carbons (Fsp3) is 0.308. The van der Waals surface area contributed by atoms with E-state index in [1.54, 1.807) is 17.0 Å². The molecule has 1 atom stereocenters. The average molecular weight is 261 g/mol. The molecule has 98 valence electrons. The van der Waals surface area contributed by atoms with Gasteiger partial charge in [0.05, 0.1) is 10.9 Å². The van der Waals surface area contributed by atoms with Gasteiger partial charge in [-0.25, -0.2) is 19.2 Å². The molecule has 1 saturated heterocycles. The molecule has 0 spiro atoms. The van der Waals surface area contributed by atoms with Crippen molar-refractivity contribution in [2.24, 2.45) is 0 Å². The minimum Gasteiger partial charge on any atom is -0.480 e. The lowest BCUT2D eigenvalue weighted by Crippen LogP contribution is -2.36. The van der Waals surface area contributed by atoms with Gasteiger partial charge in [0.2, 0.25) is 0 Å². The molecule has 2 aromatic rings. The Morgan fingerprint density at radius 2 is 2.26 bits per heavy atom. The molecule has 1 N–H and O–H groups in total. The SMILES string of the molecule is O=C(O)C1CCCN1c1ncnc2cccc(F)c12. The van der Waals surface area contributed by atoms with Crippen LogP contribution in [0.5, 0.6) is 0 Å². The molecule has 1 fully saturated rings. The zero-order valence-corrected chi connectivity index (χ0v) is 10.1. The molecule has 0 amide bonds. The lowest BCUT2D eigenvalue weighted by Gasteiger charge is -2.23. The summed E-state index contributed by atoms with van der Waals surface area (Å²) in [6.07, 6.45) is 2.65. The van der Waals surface area contributed by atoms with Gasteiger partial charge >= 0.3 is 5.97 Å². The summed E-state index contributed by atoms with van der Waals surface area (Å²) in [5.41, 5.74) is 0.487. The van der Waals surface area contributed by atoms with E-state index in [1.807, 2.05) is 0 Å². The Bertz CT molecular complexity index is 642. The Kier molecular flexibility index (Phi) is 2.77. The fourth-order valence-electron chi connectivity index (χ4n) is 2.55. The Morgan fingerprint density at radius 1 is 1.42 bits per heavy atom. The Hall–Kier alpha value is -2.24. The van der Waals surface area contributed by atoms with E-state index in [4.69, 9.17) is 0 Å². The number of hydrogen-bond acceptors (Lipinski definition) is 4. The van der Waals surface area contributed by atoms with E-state index in [0.29, 0.717) is 24.3 Å². The van der Waals surface area contributed by atoms with E-state index in [2.05, 4.69) is 9.97 Å². The average Bonchev–Trinajstić information content (AvgIpc) is 2.87. The second-order valence-electron chi connectivity index (χ2n) is 4.52. The van der Waals surface area contributed by atoms with Crippen LogP contribution in [0.15, 0.2) is 24.5 Å². The van der Waals surface area contributed by atoms with Gasteiger partial charge in [0.1, 0.15) is 24.0 Å². The topological polar surface area (TPSA) is 66.3 Å². The highest BCUT2D eigenvalue weighted by Gasteiger charge is 2.32. The first kappa shape index (κ1) is 11.8. The predicted octanol–water partition coefficient (Wildman–Crippen LogP) is 1.82. The van der Waals surface area contributed by atoms with Crippen LogP contribution in [0.25, 0.3) is 10.9 Å². The van der Waals surface area contributed by atoms with Gasteiger partial charge in [0.15, 0.2) is 0 Å². The summed E-state index contributed by atoms with van der Waals surface area (Å²) in [6, 6.07) is 3.96. The van der Waals surface area contributed by atoms with Crippen LogP contribution in [0.4, 0.5) is 10.2 Å². The summed E-state index contributed by atoms with van der Waals surface area (Å²) in [5, 5.41) is 9.50. The van der Waals surface area contributed by atoms with Crippen molar-refractivity contribution in [1.82, 2.24) is 9.97 Å². The number of nitrogens with zero attached hydrogens (tertiary/aromatic N) is 3. The fourth-order valence-corrected chi connectivity index (χ4v) is 2.55. The molecule has 0 radical (unpaired) electrons. The number of halogens is 1. The van der Waals surface area contributed by atoms with Crippen LogP contribution >= 0.6 is 0 Å². The zero-order valence-electron chi connectivity index (χ0n) is 10.1. The Balaban J connectivity index is 2.17. The second-order valence-corrected chi connectivity index (χ2v) is 4.52. The second kappa shape index (κ2) is 4.46. The summed E-state index contributed by atoms with van der Waals surface area (Å²) in [6.45, 7) is 0.567. The molecule has 0 aliphatic carbocycles. The number of anilines is 1. The molecule has 1 aliphatic heterocycles. The number of carboxylic acid groups (broad SMARTS) is 1. The first-order valence-corrected chi connectivity index (χ1v) is 6.07. The first-order valence-electron chi connectivity index (χ1n) is 6.07. The molecule has 19 heavy (non-hydrogen) atoms. The molecule has 0 saturated carbocycles. The summed E-state index contributed by atoms with van der Waals surface area (Å²) in [4.78, 5) is 21.0. The number of fused-ring (bicyclic) bond motifs is 1. The molecule has 0 bridgehead atoms. The molecule has 1 aliphatic rings. The van der Waals surface area contributed by atoms with Crippen LogP contribution in [0.3, 0.4) is 0 Å². The third-order valence-corrected chi connectivity index (χ3v) is 3.40. The van der Waals surface area contributed by atoms with Crippen LogP contribution in [-0.2, 0) is 4.79 Å². The van der Waals surface area contributed by atoms with Gasteiger partial charge in [-0.15, -0.1) is 0 Å². The van der Waals surface area contributed by atoms with E-state index >= 15 is 0 Å². The largest absolute Gasteiger partial charge is 0.480 e. The molecule has 5 nitrogen and oxygen atoms in total. The Morgan fingerprint density at radius 3 is 3.05 bits per heavy atom. The van der Waals surface area contributed by atoms with Crippen molar-refractivity contribution in [3.63, 3.8) is 0 Å². The third kappa shape index (κ3) is 1.89. The Labute approximate surface area is 108 Å². The van der Waals surface area contributed by atoms with Crippen LogP contribution < -0.4 is 4.90 Å². The number of rotatable bonds is 2. The van der Waals surface area contributed by atoms with E-state index in [9.17, 15) is 14.3 Å². The quantitative estimate of drug-likeness (QED) is 0.893. The summed E-state index contributed by atoms with van der Waals surface area (Å²) in [7, 11) is 0. The van der Waals surface area contributed by atoms with E-state index < -0.39 is 17.8 Å². The van der Waals surface area contributed by atoms with E-state index in [0.717, 1.165) is 6.42 Å². The molecule has 3 rings (SSSR count). The molecule has 1 aromatic carbocycles. The minimum atomic E-state index is -0.902. The lowest BCUT2D eigenvalue weighted by atomic mass is 10.2. The van der Waals surface area contributed by atoms with Crippen LogP contribution in [0.1, 0.15) is 12.8 Å². The number of carbonyl (C=O) groups is 1. The van der Waals surface area contributed by atoms with Crippen molar-refractivity contribution in [2.75, 3.05) is 11.4 Å². The first-order chi connectivity index (χ1) is 9.18. The lowest BCUT2D eigenvalue weighted by molar-refractivity contribution is -0.138. The number of hydrogen-bond donors (Lipinski definition) is 1. The third-order valence-electron chi connectivity index (χ3n) is 3.40. The van der Waals surface area contributed by atoms with Gasteiger partial charge in [-0.3, -0.25) is 0 Å². The van der Waals surface area contributed by atoms with Crippen LogP contribution in [-0.4, -0.2) is 33.6 Å². The molecule has 6 heteroatoms. The van der Waals surface area contributed by atoms with Crippen molar-refractivity contribution in [3.8, 4) is 0 Å². The normalized spacial score (nSPS) is 19.0. The number of aliphatic carboxylic acids is 1. The number of benzene rings is 1. The van der Waals surface area contributed by atoms with Gasteiger partial charge in [-0.1, -0.05) is 6.07 Å². The molecular weight excluding hydrogens is 249 g/mol. The van der Waals surface area contributed by atoms with Crippen molar-refractivity contribution < 1.29 is 14.3 Å². The van der Waals surface area contributed by atoms with Gasteiger partial charge in [0.25, 0.3) is 0 Å². The van der Waals surface area contributed by atoms with Crippen molar-refractivity contribution in [3.05, 3.63) is 30.3 Å². The maximum absolute atomic E-state index is 14.0. The van der Waals surface area contributed by atoms with Crippen molar-refractivity contribution in [1.29, 1.82) is 0 Å². The number of carboxylic acids is 1. The summed E-state index contributed by atoms with van der Waals surface area (Å²) >= 11 is 0. The van der Waals surface area contributed by atoms with Gasteiger partial charge in [-0.2, -0.15) is 0 Å².